The van der Waals surface area contributed by atoms with Gasteiger partial charge in [0.15, 0.2) is 5.92 Å². The predicted octanol–water partition coefficient (Wildman–Crippen LogP) is 2.35. The molecule has 0 unspecified atom stereocenters. The van der Waals surface area contributed by atoms with Gasteiger partial charge in [-0.1, -0.05) is 12.1 Å². The molecule has 0 aliphatic heterocycles. The van der Waals surface area contributed by atoms with Crippen LogP contribution < -0.4 is 0 Å². The number of rotatable bonds is 2. The third-order valence-electron chi connectivity index (χ3n) is 3.33. The minimum atomic E-state index is -0.986. The minimum Gasteiger partial charge on any atom is -0.249 e. The first kappa shape index (κ1) is 14.9. The van der Waals surface area contributed by atoms with E-state index >= 15 is 0 Å². The van der Waals surface area contributed by atoms with E-state index in [0.29, 0.717) is 33.5 Å². The Morgan fingerprint density at radius 3 is 1.95 bits per heavy atom. The Morgan fingerprint density at radius 2 is 1.45 bits per heavy atom. The topological polar surface area (TPSA) is 121 Å². The molecule has 0 saturated carbocycles. The zero-order valence-electron chi connectivity index (χ0n) is 11.9. The smallest absolute Gasteiger partial charge is 0.206 e. The van der Waals surface area contributed by atoms with Crippen LogP contribution in [-0.4, -0.2) is 9.97 Å². The van der Waals surface area contributed by atoms with Crippen LogP contribution in [0.4, 0.5) is 0 Å². The van der Waals surface area contributed by atoms with Gasteiger partial charge in [0.25, 0.3) is 0 Å². The van der Waals surface area contributed by atoms with Crippen molar-refractivity contribution in [2.45, 2.75) is 19.8 Å². The van der Waals surface area contributed by atoms with Crippen LogP contribution in [0.5, 0.6) is 0 Å². The van der Waals surface area contributed by atoms with E-state index in [1.807, 2.05) is 24.3 Å². The van der Waals surface area contributed by atoms with Gasteiger partial charge < -0.3 is 0 Å². The van der Waals surface area contributed by atoms with E-state index in [-0.39, 0.29) is 5.92 Å². The predicted molar refractivity (Wildman–Crippen MR) is 76.6 cm³/mol. The van der Waals surface area contributed by atoms with Crippen molar-refractivity contribution >= 4 is 11.0 Å². The Balaban J connectivity index is 2.91. The molecular weight excluding hydrogens is 276 g/mol. The summed E-state index contributed by atoms with van der Waals surface area (Å²) in [5.74, 6) is -1.07. The number of nitriles is 4. The summed E-state index contributed by atoms with van der Waals surface area (Å²) in [6, 6.07) is 10.5. The molecule has 22 heavy (non-hydrogen) atoms. The molecule has 0 amide bonds. The molecule has 0 bridgehead atoms. The molecule has 2 aromatic rings. The largest absolute Gasteiger partial charge is 0.249 e. The SMILES string of the molecule is Cc1nc2c([C](C#N)C#N)ccc(C(C#N)C#N)c2nc1C. The Morgan fingerprint density at radius 1 is 0.909 bits per heavy atom. The first-order chi connectivity index (χ1) is 10.6. The van der Waals surface area contributed by atoms with Crippen LogP contribution >= 0.6 is 0 Å². The van der Waals surface area contributed by atoms with Crippen molar-refractivity contribution in [1.29, 1.82) is 21.0 Å². The summed E-state index contributed by atoms with van der Waals surface area (Å²) >= 11 is 0. The molecule has 0 aliphatic rings. The standard InChI is InChI=1S/C16H9N6/c1-9-10(2)22-16-14(12(7-19)8-20)4-3-13(15(16)21-9)11(5-17)6-18/h3-4,11H,1-2H3. The van der Waals surface area contributed by atoms with Crippen LogP contribution in [0, 0.1) is 65.1 Å². The van der Waals surface area contributed by atoms with Crippen LogP contribution in [0.3, 0.4) is 0 Å². The van der Waals surface area contributed by atoms with Crippen molar-refractivity contribution in [2.75, 3.05) is 0 Å². The highest BCUT2D eigenvalue weighted by Gasteiger charge is 2.22. The molecule has 0 N–H and O–H groups in total. The fourth-order valence-corrected chi connectivity index (χ4v) is 2.07. The van der Waals surface area contributed by atoms with E-state index in [4.69, 9.17) is 21.0 Å². The molecule has 0 atom stereocenters. The summed E-state index contributed by atoms with van der Waals surface area (Å²) in [5.41, 5.74) is 2.83. The van der Waals surface area contributed by atoms with Crippen LogP contribution in [0.1, 0.15) is 28.4 Å². The summed E-state index contributed by atoms with van der Waals surface area (Å²) < 4.78 is 0. The Kier molecular flexibility index (Phi) is 3.99. The van der Waals surface area contributed by atoms with Crippen LogP contribution in [-0.2, 0) is 0 Å². The van der Waals surface area contributed by atoms with Gasteiger partial charge in [0, 0.05) is 11.1 Å². The van der Waals surface area contributed by atoms with Crippen molar-refractivity contribution in [1.82, 2.24) is 9.97 Å². The van der Waals surface area contributed by atoms with Gasteiger partial charge in [-0.3, -0.25) is 0 Å². The summed E-state index contributed by atoms with van der Waals surface area (Å²) in [4.78, 5) is 8.81. The number of fused-ring (bicyclic) bond motifs is 1. The second-order valence-electron chi connectivity index (χ2n) is 4.58. The number of aromatic nitrogens is 2. The lowest BCUT2D eigenvalue weighted by Gasteiger charge is -2.12. The highest BCUT2D eigenvalue weighted by atomic mass is 14.8. The molecule has 0 spiro atoms. The molecule has 0 saturated heterocycles. The normalized spacial score (nSPS) is 10.0. The summed E-state index contributed by atoms with van der Waals surface area (Å²) in [6.07, 6.45) is 0. The summed E-state index contributed by atoms with van der Waals surface area (Å²) in [6.45, 7) is 3.54. The summed E-state index contributed by atoms with van der Waals surface area (Å²) in [7, 11) is 0. The number of hydrogen-bond donors (Lipinski definition) is 0. The summed E-state index contributed by atoms with van der Waals surface area (Å²) in [5, 5.41) is 36.3. The van der Waals surface area contributed by atoms with Gasteiger partial charge in [-0.15, -0.1) is 0 Å². The number of benzene rings is 1. The van der Waals surface area contributed by atoms with Gasteiger partial charge >= 0.3 is 0 Å². The molecule has 6 heteroatoms. The van der Waals surface area contributed by atoms with Crippen molar-refractivity contribution in [3.63, 3.8) is 0 Å². The Hall–Kier alpha value is -3.48. The van der Waals surface area contributed by atoms with Gasteiger partial charge in [0.05, 0.1) is 46.7 Å². The van der Waals surface area contributed by atoms with E-state index in [1.54, 1.807) is 19.9 Å². The van der Waals surface area contributed by atoms with Crippen LogP contribution in [0.2, 0.25) is 0 Å². The second-order valence-corrected chi connectivity index (χ2v) is 4.58. The zero-order valence-corrected chi connectivity index (χ0v) is 11.9. The zero-order chi connectivity index (χ0) is 16.3. The van der Waals surface area contributed by atoms with E-state index in [9.17, 15) is 0 Å². The van der Waals surface area contributed by atoms with Crippen molar-refractivity contribution in [2.24, 2.45) is 0 Å². The fourth-order valence-electron chi connectivity index (χ4n) is 2.07. The lowest BCUT2D eigenvalue weighted by molar-refractivity contribution is 1.06. The lowest BCUT2D eigenvalue weighted by atomic mass is 9.93. The van der Waals surface area contributed by atoms with Crippen molar-refractivity contribution in [3.8, 4) is 24.3 Å². The highest BCUT2D eigenvalue weighted by molar-refractivity contribution is 5.86. The van der Waals surface area contributed by atoms with E-state index in [1.165, 1.54) is 6.07 Å². The third-order valence-corrected chi connectivity index (χ3v) is 3.33. The second kappa shape index (κ2) is 5.88. The number of hydrogen-bond acceptors (Lipinski definition) is 6. The molecule has 0 aliphatic carbocycles. The molecule has 1 aromatic heterocycles. The Labute approximate surface area is 127 Å². The first-order valence-electron chi connectivity index (χ1n) is 6.32. The van der Waals surface area contributed by atoms with Gasteiger partial charge in [-0.05, 0) is 13.8 Å². The third kappa shape index (κ3) is 2.31. The average molecular weight is 285 g/mol. The molecule has 1 heterocycles. The minimum absolute atomic E-state index is 0.0837. The highest BCUT2D eigenvalue weighted by Crippen LogP contribution is 2.29. The van der Waals surface area contributed by atoms with E-state index in [2.05, 4.69) is 9.97 Å². The maximum atomic E-state index is 9.10. The van der Waals surface area contributed by atoms with Crippen molar-refractivity contribution < 1.29 is 0 Å². The Bertz CT molecular complexity index is 813. The molecular formula is C16H9N6. The number of nitrogens with zero attached hydrogens (tertiary/aromatic N) is 6. The van der Waals surface area contributed by atoms with Gasteiger partial charge in [0.2, 0.25) is 5.92 Å². The average Bonchev–Trinajstić information content (AvgIpc) is 2.52. The lowest BCUT2D eigenvalue weighted by Crippen LogP contribution is -2.05. The molecule has 1 aromatic carbocycles. The van der Waals surface area contributed by atoms with Crippen molar-refractivity contribution in [3.05, 3.63) is 40.6 Å². The monoisotopic (exact) mass is 285 g/mol. The molecule has 0 fully saturated rings. The van der Waals surface area contributed by atoms with Crippen LogP contribution in [0.15, 0.2) is 12.1 Å². The van der Waals surface area contributed by atoms with Crippen LogP contribution in [0.25, 0.3) is 11.0 Å². The van der Waals surface area contributed by atoms with Gasteiger partial charge in [-0.25, -0.2) is 9.97 Å². The number of aryl methyl sites for hydroxylation is 2. The fraction of sp³-hybridized carbons (Fsp3) is 0.188. The maximum absolute atomic E-state index is 9.10. The molecule has 6 nitrogen and oxygen atoms in total. The molecule has 1 radical (unpaired) electrons. The quantitative estimate of drug-likeness (QED) is 0.834. The van der Waals surface area contributed by atoms with Gasteiger partial charge in [-0.2, -0.15) is 21.0 Å². The van der Waals surface area contributed by atoms with Gasteiger partial charge in [0.1, 0.15) is 0 Å². The van der Waals surface area contributed by atoms with E-state index < -0.39 is 5.92 Å². The molecule has 2 rings (SSSR count). The first-order valence-corrected chi connectivity index (χ1v) is 6.32. The maximum Gasteiger partial charge on any atom is 0.206 e. The van der Waals surface area contributed by atoms with E-state index in [0.717, 1.165) is 0 Å². The molecule has 103 valence electrons.